The van der Waals surface area contributed by atoms with Crippen molar-refractivity contribution in [3.63, 3.8) is 0 Å². The summed E-state index contributed by atoms with van der Waals surface area (Å²) in [6.07, 6.45) is -4.06. The normalized spacial score (nSPS) is 27.6. The van der Waals surface area contributed by atoms with Crippen LogP contribution in [-0.4, -0.2) is 42.8 Å². The molecular formula is C9H13F3N2O3. The van der Waals surface area contributed by atoms with Gasteiger partial charge < -0.3 is 15.7 Å². The summed E-state index contributed by atoms with van der Waals surface area (Å²) in [6, 6.07) is 0. The van der Waals surface area contributed by atoms with Crippen LogP contribution < -0.4 is 10.6 Å². The Morgan fingerprint density at radius 2 is 1.94 bits per heavy atom. The molecule has 5 nitrogen and oxygen atoms in total. The van der Waals surface area contributed by atoms with Gasteiger partial charge in [-0.05, 0) is 13.0 Å². The Morgan fingerprint density at radius 1 is 1.35 bits per heavy atom. The van der Waals surface area contributed by atoms with E-state index in [1.807, 2.05) is 0 Å². The van der Waals surface area contributed by atoms with Crippen LogP contribution in [-0.2, 0) is 9.59 Å². The minimum atomic E-state index is -5.08. The monoisotopic (exact) mass is 254 g/mol. The number of alkyl halides is 3. The molecule has 2 aliphatic rings. The number of nitrogens with one attached hydrogen (secondary N) is 2. The van der Waals surface area contributed by atoms with Crippen molar-refractivity contribution in [1.29, 1.82) is 0 Å². The van der Waals surface area contributed by atoms with E-state index in [0.29, 0.717) is 11.8 Å². The molecule has 0 spiro atoms. The predicted octanol–water partition coefficient (Wildman–Crippen LogP) is -0.0248. The van der Waals surface area contributed by atoms with Gasteiger partial charge in [0.15, 0.2) is 0 Å². The van der Waals surface area contributed by atoms with Crippen LogP contribution >= 0.6 is 0 Å². The van der Waals surface area contributed by atoms with Gasteiger partial charge in [-0.2, -0.15) is 13.2 Å². The van der Waals surface area contributed by atoms with E-state index in [2.05, 4.69) is 10.6 Å². The van der Waals surface area contributed by atoms with Crippen molar-refractivity contribution in [3.05, 3.63) is 0 Å². The van der Waals surface area contributed by atoms with Crippen molar-refractivity contribution < 1.29 is 27.9 Å². The van der Waals surface area contributed by atoms with E-state index in [0.717, 1.165) is 26.1 Å². The van der Waals surface area contributed by atoms with Gasteiger partial charge in [-0.25, -0.2) is 4.79 Å². The van der Waals surface area contributed by atoms with Crippen molar-refractivity contribution in [3.8, 4) is 0 Å². The summed E-state index contributed by atoms with van der Waals surface area (Å²) < 4.78 is 31.7. The number of carboxylic acid groups (broad SMARTS) is 1. The average Bonchev–Trinajstić information content (AvgIpc) is 2.61. The quantitative estimate of drug-likeness (QED) is 0.567. The smallest absolute Gasteiger partial charge is 0.475 e. The lowest BCUT2D eigenvalue weighted by Gasteiger charge is -2.22. The van der Waals surface area contributed by atoms with Crippen LogP contribution in [0.3, 0.4) is 0 Å². The second-order valence-corrected chi connectivity index (χ2v) is 3.91. The second-order valence-electron chi connectivity index (χ2n) is 3.91. The Kier molecular flexibility index (Phi) is 4.33. The van der Waals surface area contributed by atoms with Crippen LogP contribution in [0.15, 0.2) is 0 Å². The number of piperidine rings is 1. The molecule has 0 radical (unpaired) electrons. The molecule has 2 saturated heterocycles. The lowest BCUT2D eigenvalue weighted by molar-refractivity contribution is -0.192. The number of hydrogen-bond donors (Lipinski definition) is 3. The standard InChI is InChI=1S/C7H12N2O.C2HF3O2/c10-7-6-1-2-8-3-5(6)4-9-7;3-2(4,5)1(6)7/h5-6,8H,1-4H2,(H,9,10);(H,6,7)/t5-,6?;/m0./s1. The van der Waals surface area contributed by atoms with Gasteiger partial charge in [-0.1, -0.05) is 0 Å². The van der Waals surface area contributed by atoms with Gasteiger partial charge in [-0.15, -0.1) is 0 Å². The predicted molar refractivity (Wildman–Crippen MR) is 51.2 cm³/mol. The third-order valence-electron chi connectivity index (χ3n) is 2.73. The van der Waals surface area contributed by atoms with E-state index < -0.39 is 12.1 Å². The molecular weight excluding hydrogens is 241 g/mol. The van der Waals surface area contributed by atoms with Crippen LogP contribution in [0.1, 0.15) is 6.42 Å². The maximum atomic E-state index is 11.1. The molecule has 1 unspecified atom stereocenters. The Morgan fingerprint density at radius 3 is 2.41 bits per heavy atom. The summed E-state index contributed by atoms with van der Waals surface area (Å²) in [5.41, 5.74) is 0. The molecule has 0 aliphatic carbocycles. The zero-order chi connectivity index (χ0) is 13.1. The van der Waals surface area contributed by atoms with Gasteiger partial charge in [0.25, 0.3) is 0 Å². The fraction of sp³-hybridized carbons (Fsp3) is 0.778. The van der Waals surface area contributed by atoms with Gasteiger partial charge in [0.05, 0.1) is 0 Å². The number of amides is 1. The van der Waals surface area contributed by atoms with Crippen LogP contribution in [0.5, 0.6) is 0 Å². The summed E-state index contributed by atoms with van der Waals surface area (Å²) >= 11 is 0. The average molecular weight is 254 g/mol. The number of hydrogen-bond acceptors (Lipinski definition) is 3. The van der Waals surface area contributed by atoms with Gasteiger partial charge in [-0.3, -0.25) is 4.79 Å². The molecule has 2 heterocycles. The van der Waals surface area contributed by atoms with Crippen LogP contribution in [0.4, 0.5) is 13.2 Å². The number of aliphatic carboxylic acids is 1. The van der Waals surface area contributed by atoms with E-state index in [-0.39, 0.29) is 5.91 Å². The molecule has 0 bridgehead atoms. The Labute approximate surface area is 95.4 Å². The summed E-state index contributed by atoms with van der Waals surface area (Å²) in [4.78, 5) is 20.0. The Balaban J connectivity index is 0.000000185. The maximum absolute atomic E-state index is 11.1. The van der Waals surface area contributed by atoms with Gasteiger partial charge >= 0.3 is 12.1 Å². The number of fused-ring (bicyclic) bond motifs is 1. The third kappa shape index (κ3) is 3.88. The molecule has 0 saturated carbocycles. The van der Waals surface area contributed by atoms with Gasteiger partial charge in [0.2, 0.25) is 5.91 Å². The summed E-state index contributed by atoms with van der Waals surface area (Å²) in [6.45, 7) is 2.91. The number of carbonyl (C=O) groups is 2. The summed E-state index contributed by atoms with van der Waals surface area (Å²) in [7, 11) is 0. The molecule has 0 aromatic heterocycles. The van der Waals surface area contributed by atoms with Crippen LogP contribution in [0, 0.1) is 11.8 Å². The van der Waals surface area contributed by atoms with Crippen molar-refractivity contribution in [2.24, 2.45) is 11.8 Å². The van der Waals surface area contributed by atoms with Gasteiger partial charge in [0, 0.05) is 24.9 Å². The first-order chi connectivity index (χ1) is 7.82. The van der Waals surface area contributed by atoms with Crippen LogP contribution in [0.25, 0.3) is 0 Å². The van der Waals surface area contributed by atoms with Crippen molar-refractivity contribution in [1.82, 2.24) is 10.6 Å². The van der Waals surface area contributed by atoms with Gasteiger partial charge in [0.1, 0.15) is 0 Å². The lowest BCUT2D eigenvalue weighted by atomic mass is 9.89. The summed E-state index contributed by atoms with van der Waals surface area (Å²) in [5.74, 6) is -1.60. The van der Waals surface area contributed by atoms with Crippen LogP contribution in [0.2, 0.25) is 0 Å². The van der Waals surface area contributed by atoms with E-state index in [1.165, 1.54) is 0 Å². The fourth-order valence-electron chi connectivity index (χ4n) is 1.85. The highest BCUT2D eigenvalue weighted by atomic mass is 19.4. The van der Waals surface area contributed by atoms with E-state index in [4.69, 9.17) is 9.90 Å². The molecule has 98 valence electrons. The first-order valence-electron chi connectivity index (χ1n) is 5.11. The largest absolute Gasteiger partial charge is 0.490 e. The SMILES string of the molecule is O=C(O)C(F)(F)F.O=C1NC[C@@H]2CNCCC12. The molecule has 2 rings (SSSR count). The summed E-state index contributed by atoms with van der Waals surface area (Å²) in [5, 5.41) is 13.3. The first kappa shape index (κ1) is 13.8. The fourth-order valence-corrected chi connectivity index (χ4v) is 1.85. The third-order valence-corrected chi connectivity index (χ3v) is 2.73. The Hall–Kier alpha value is -1.31. The number of carbonyl (C=O) groups excluding carboxylic acids is 1. The number of rotatable bonds is 0. The van der Waals surface area contributed by atoms with Crippen molar-refractivity contribution in [2.45, 2.75) is 12.6 Å². The molecule has 2 fully saturated rings. The number of halogens is 3. The highest BCUT2D eigenvalue weighted by Crippen LogP contribution is 2.22. The minimum absolute atomic E-state index is 0.270. The molecule has 3 N–H and O–H groups in total. The maximum Gasteiger partial charge on any atom is 0.490 e. The molecule has 2 aliphatic heterocycles. The van der Waals surface area contributed by atoms with E-state index >= 15 is 0 Å². The second kappa shape index (κ2) is 5.35. The first-order valence-corrected chi connectivity index (χ1v) is 5.11. The van der Waals surface area contributed by atoms with E-state index in [9.17, 15) is 18.0 Å². The van der Waals surface area contributed by atoms with E-state index in [1.54, 1.807) is 0 Å². The molecule has 0 aromatic carbocycles. The highest BCUT2D eigenvalue weighted by Gasteiger charge is 2.38. The molecule has 8 heteroatoms. The van der Waals surface area contributed by atoms with Crippen molar-refractivity contribution >= 4 is 11.9 Å². The molecule has 17 heavy (non-hydrogen) atoms. The van der Waals surface area contributed by atoms with Crippen molar-refractivity contribution in [2.75, 3.05) is 19.6 Å². The molecule has 1 amide bonds. The lowest BCUT2D eigenvalue weighted by Crippen LogP contribution is -2.36. The topological polar surface area (TPSA) is 78.4 Å². The molecule has 0 aromatic rings. The zero-order valence-corrected chi connectivity index (χ0v) is 8.88. The Bertz CT molecular complexity index is 306. The zero-order valence-electron chi connectivity index (χ0n) is 8.88. The highest BCUT2D eigenvalue weighted by molar-refractivity contribution is 5.81. The molecule has 2 atom stereocenters. The minimum Gasteiger partial charge on any atom is -0.475 e. The number of carboxylic acids is 1.